The topological polar surface area (TPSA) is 55.6 Å². The Hall–Kier alpha value is -2.92. The number of rotatable bonds is 3. The molecule has 0 bridgehead atoms. The first kappa shape index (κ1) is 16.5. The molecule has 6 heteroatoms. The summed E-state index contributed by atoms with van der Waals surface area (Å²) >= 11 is 5.99. The third kappa shape index (κ3) is 3.13. The van der Waals surface area contributed by atoms with E-state index in [1.54, 1.807) is 0 Å². The SMILES string of the molecule is Cc1ccc2nc(Nc3ccc(Cl)cc3)c(-n3nc(C)cc3C)nc2c1. The fourth-order valence-electron chi connectivity index (χ4n) is 2.90. The van der Waals surface area contributed by atoms with Crippen molar-refractivity contribution in [1.29, 1.82) is 0 Å². The molecule has 0 amide bonds. The van der Waals surface area contributed by atoms with Crippen molar-refractivity contribution in [3.8, 4) is 5.82 Å². The summed E-state index contributed by atoms with van der Waals surface area (Å²) in [6.07, 6.45) is 0. The number of benzene rings is 2. The predicted molar refractivity (Wildman–Crippen MR) is 106 cm³/mol. The zero-order chi connectivity index (χ0) is 18.3. The molecule has 1 N–H and O–H groups in total. The standard InChI is InChI=1S/C20H18ClN5/c1-12-4-9-17-18(10-12)24-20(26-14(3)11-13(2)25-26)19(23-17)22-16-7-5-15(21)6-8-16/h4-11H,1-3H3,(H,22,23). The number of nitrogens with zero attached hydrogens (tertiary/aromatic N) is 4. The highest BCUT2D eigenvalue weighted by atomic mass is 35.5. The van der Waals surface area contributed by atoms with Gasteiger partial charge in [-0.05, 0) is 68.8 Å². The zero-order valence-corrected chi connectivity index (χ0v) is 15.5. The Balaban J connectivity index is 1.90. The number of nitrogens with one attached hydrogen (secondary N) is 1. The Bertz CT molecular complexity index is 1100. The second-order valence-electron chi connectivity index (χ2n) is 6.36. The highest BCUT2D eigenvalue weighted by molar-refractivity contribution is 6.30. The molecule has 5 nitrogen and oxygen atoms in total. The van der Waals surface area contributed by atoms with Crippen LogP contribution < -0.4 is 5.32 Å². The van der Waals surface area contributed by atoms with Gasteiger partial charge in [-0.25, -0.2) is 14.6 Å². The van der Waals surface area contributed by atoms with Gasteiger partial charge in [0.15, 0.2) is 11.6 Å². The van der Waals surface area contributed by atoms with Gasteiger partial charge >= 0.3 is 0 Å². The molecule has 0 aliphatic heterocycles. The maximum Gasteiger partial charge on any atom is 0.197 e. The van der Waals surface area contributed by atoms with Crippen LogP contribution in [0.1, 0.15) is 17.0 Å². The van der Waals surface area contributed by atoms with Crippen molar-refractivity contribution >= 4 is 34.1 Å². The maximum absolute atomic E-state index is 5.99. The van der Waals surface area contributed by atoms with Crippen molar-refractivity contribution in [3.05, 3.63) is 70.5 Å². The van der Waals surface area contributed by atoms with Gasteiger partial charge in [0.2, 0.25) is 0 Å². The molecule has 0 aliphatic rings. The molecule has 0 spiro atoms. The van der Waals surface area contributed by atoms with Gasteiger partial charge in [0.1, 0.15) is 0 Å². The number of aromatic nitrogens is 4. The van der Waals surface area contributed by atoms with Crippen LogP contribution in [0.2, 0.25) is 5.02 Å². The minimum Gasteiger partial charge on any atom is -0.337 e. The molecule has 2 aromatic heterocycles. The van der Waals surface area contributed by atoms with Crippen molar-refractivity contribution in [2.45, 2.75) is 20.8 Å². The molecule has 4 rings (SSSR count). The van der Waals surface area contributed by atoms with Crippen LogP contribution in [0.4, 0.5) is 11.5 Å². The first-order chi connectivity index (χ1) is 12.5. The van der Waals surface area contributed by atoms with Crippen LogP contribution in [0.5, 0.6) is 0 Å². The van der Waals surface area contributed by atoms with Crippen LogP contribution in [0, 0.1) is 20.8 Å². The van der Waals surface area contributed by atoms with E-state index in [9.17, 15) is 0 Å². The van der Waals surface area contributed by atoms with E-state index < -0.39 is 0 Å². The average molecular weight is 364 g/mol. The lowest BCUT2D eigenvalue weighted by molar-refractivity contribution is 0.808. The third-order valence-electron chi connectivity index (χ3n) is 4.12. The van der Waals surface area contributed by atoms with Gasteiger partial charge in [0.05, 0.1) is 16.7 Å². The van der Waals surface area contributed by atoms with Crippen LogP contribution in [0.15, 0.2) is 48.5 Å². The molecule has 26 heavy (non-hydrogen) atoms. The number of hydrogen-bond donors (Lipinski definition) is 1. The molecule has 4 aromatic rings. The minimum absolute atomic E-state index is 0.648. The number of fused-ring (bicyclic) bond motifs is 1. The summed E-state index contributed by atoms with van der Waals surface area (Å²) < 4.78 is 1.82. The fraction of sp³-hybridized carbons (Fsp3) is 0.150. The molecule has 130 valence electrons. The van der Waals surface area contributed by atoms with Crippen molar-refractivity contribution in [2.75, 3.05) is 5.32 Å². The van der Waals surface area contributed by atoms with Gasteiger partial charge in [-0.3, -0.25) is 0 Å². The molecule has 0 aliphatic carbocycles. The molecule has 2 aromatic carbocycles. The quantitative estimate of drug-likeness (QED) is 0.547. The largest absolute Gasteiger partial charge is 0.337 e. The molecule has 0 unspecified atom stereocenters. The number of anilines is 2. The highest BCUT2D eigenvalue weighted by Gasteiger charge is 2.14. The summed E-state index contributed by atoms with van der Waals surface area (Å²) in [7, 11) is 0. The summed E-state index contributed by atoms with van der Waals surface area (Å²) in [6.45, 7) is 6.02. The van der Waals surface area contributed by atoms with Crippen molar-refractivity contribution in [2.24, 2.45) is 0 Å². The lowest BCUT2D eigenvalue weighted by Gasteiger charge is -2.13. The van der Waals surface area contributed by atoms with Crippen molar-refractivity contribution < 1.29 is 0 Å². The molecular weight excluding hydrogens is 346 g/mol. The summed E-state index contributed by atoms with van der Waals surface area (Å²) in [4.78, 5) is 9.64. The lowest BCUT2D eigenvalue weighted by atomic mass is 10.2. The van der Waals surface area contributed by atoms with Crippen LogP contribution >= 0.6 is 11.6 Å². The molecule has 0 radical (unpaired) electrons. The number of aryl methyl sites for hydroxylation is 3. The molecule has 2 heterocycles. The van der Waals surface area contributed by atoms with Crippen LogP contribution in [-0.4, -0.2) is 19.7 Å². The number of halogens is 1. The van der Waals surface area contributed by atoms with E-state index in [0.717, 1.165) is 33.7 Å². The first-order valence-corrected chi connectivity index (χ1v) is 8.72. The van der Waals surface area contributed by atoms with Crippen molar-refractivity contribution in [3.63, 3.8) is 0 Å². The van der Waals surface area contributed by atoms with E-state index >= 15 is 0 Å². The Kier molecular flexibility index (Phi) is 4.09. The van der Waals surface area contributed by atoms with E-state index in [4.69, 9.17) is 21.6 Å². The normalized spacial score (nSPS) is 11.1. The van der Waals surface area contributed by atoms with E-state index in [1.807, 2.05) is 74.0 Å². The molecule has 0 atom stereocenters. The monoisotopic (exact) mass is 363 g/mol. The van der Waals surface area contributed by atoms with Gasteiger partial charge in [0, 0.05) is 16.4 Å². The van der Waals surface area contributed by atoms with Gasteiger partial charge in [0.25, 0.3) is 0 Å². The Morgan fingerprint density at radius 1 is 0.885 bits per heavy atom. The molecule has 0 fully saturated rings. The van der Waals surface area contributed by atoms with Crippen LogP contribution in [0.3, 0.4) is 0 Å². The maximum atomic E-state index is 5.99. The van der Waals surface area contributed by atoms with Crippen LogP contribution in [-0.2, 0) is 0 Å². The molecule has 0 saturated heterocycles. The van der Waals surface area contributed by atoms with E-state index in [2.05, 4.69) is 10.4 Å². The average Bonchev–Trinajstić information content (AvgIpc) is 2.94. The van der Waals surface area contributed by atoms with Gasteiger partial charge in [-0.15, -0.1) is 0 Å². The Morgan fingerprint density at radius 2 is 1.65 bits per heavy atom. The fourth-order valence-corrected chi connectivity index (χ4v) is 3.03. The summed E-state index contributed by atoms with van der Waals surface area (Å²) in [5, 5.41) is 8.62. The smallest absolute Gasteiger partial charge is 0.197 e. The van der Waals surface area contributed by atoms with Gasteiger partial charge in [-0.2, -0.15) is 5.10 Å². The summed E-state index contributed by atoms with van der Waals surface area (Å²) in [5.41, 5.74) is 5.64. The van der Waals surface area contributed by atoms with Crippen LogP contribution in [0.25, 0.3) is 16.9 Å². The first-order valence-electron chi connectivity index (χ1n) is 8.34. The Labute approximate surface area is 156 Å². The summed E-state index contributed by atoms with van der Waals surface area (Å²) in [6, 6.07) is 15.6. The zero-order valence-electron chi connectivity index (χ0n) is 14.8. The highest BCUT2D eigenvalue weighted by Crippen LogP contribution is 2.26. The Morgan fingerprint density at radius 3 is 2.35 bits per heavy atom. The van der Waals surface area contributed by atoms with E-state index in [1.165, 1.54) is 0 Å². The van der Waals surface area contributed by atoms with E-state index in [0.29, 0.717) is 16.7 Å². The second kappa shape index (κ2) is 6.42. The van der Waals surface area contributed by atoms with Gasteiger partial charge < -0.3 is 5.32 Å². The lowest BCUT2D eigenvalue weighted by Crippen LogP contribution is -2.08. The van der Waals surface area contributed by atoms with E-state index in [-0.39, 0.29) is 0 Å². The predicted octanol–water partition coefficient (Wildman–Crippen LogP) is 5.14. The van der Waals surface area contributed by atoms with Crippen molar-refractivity contribution in [1.82, 2.24) is 19.7 Å². The van der Waals surface area contributed by atoms with Gasteiger partial charge in [-0.1, -0.05) is 17.7 Å². The number of hydrogen-bond acceptors (Lipinski definition) is 4. The minimum atomic E-state index is 0.648. The molecular formula is C20H18ClN5. The summed E-state index contributed by atoms with van der Waals surface area (Å²) in [5.74, 6) is 1.32. The molecule has 0 saturated carbocycles. The second-order valence-corrected chi connectivity index (χ2v) is 6.80. The third-order valence-corrected chi connectivity index (χ3v) is 4.37.